The van der Waals surface area contributed by atoms with Gasteiger partial charge >= 0.3 is 0 Å². The minimum absolute atomic E-state index is 0.705. The molecule has 1 aromatic heterocycles. The maximum absolute atomic E-state index is 5.82. The fraction of sp³-hybridized carbons (Fsp3) is 0.692. The number of hydrogen-bond acceptors (Lipinski definition) is 5. The van der Waals surface area contributed by atoms with Gasteiger partial charge in [0, 0.05) is 37.7 Å². The molecule has 1 aliphatic heterocycles. The molecule has 2 heterocycles. The second kappa shape index (κ2) is 5.20. The Morgan fingerprint density at radius 1 is 1.44 bits per heavy atom. The molecule has 0 radical (unpaired) electrons. The summed E-state index contributed by atoms with van der Waals surface area (Å²) in [5.74, 6) is 0.761. The summed E-state index contributed by atoms with van der Waals surface area (Å²) < 4.78 is 5.82. The fourth-order valence-corrected chi connectivity index (χ4v) is 2.35. The van der Waals surface area contributed by atoms with Crippen molar-refractivity contribution in [3.8, 4) is 5.88 Å². The number of likely N-dealkylation sites (N-methyl/N-ethyl adjacent to an activating group) is 1. The Kier molecular flexibility index (Phi) is 3.43. The molecular weight excluding hydrogens is 228 g/mol. The topological polar surface area (TPSA) is 50.3 Å². The number of nitrogens with zero attached hydrogens (tertiary/aromatic N) is 3. The highest BCUT2D eigenvalue weighted by Gasteiger charge is 2.25. The lowest BCUT2D eigenvalue weighted by atomic mass is 10.1. The van der Waals surface area contributed by atoms with Crippen molar-refractivity contribution in [2.45, 2.75) is 31.8 Å². The smallest absolute Gasteiger partial charge is 0.221 e. The standard InChI is InChI=1S/C13H20N4O/c1-17(10-2-3-10)6-7-18-13-11-8-14-5-4-12(11)15-9-16-13/h9-10,14H,2-8H2,1H3. The van der Waals surface area contributed by atoms with Crippen LogP contribution in [-0.4, -0.2) is 47.7 Å². The van der Waals surface area contributed by atoms with Crippen LogP contribution in [0.25, 0.3) is 0 Å². The molecule has 1 aromatic rings. The van der Waals surface area contributed by atoms with Crippen molar-refractivity contribution in [1.82, 2.24) is 20.2 Å². The molecule has 1 saturated carbocycles. The molecule has 1 N–H and O–H groups in total. The summed E-state index contributed by atoms with van der Waals surface area (Å²) in [7, 11) is 2.16. The lowest BCUT2D eigenvalue weighted by Crippen LogP contribution is -2.28. The monoisotopic (exact) mass is 248 g/mol. The van der Waals surface area contributed by atoms with Crippen LogP contribution >= 0.6 is 0 Å². The van der Waals surface area contributed by atoms with Crippen LogP contribution in [-0.2, 0) is 13.0 Å². The second-order valence-corrected chi connectivity index (χ2v) is 5.09. The minimum Gasteiger partial charge on any atom is -0.476 e. The zero-order valence-electron chi connectivity index (χ0n) is 10.9. The first-order valence-electron chi connectivity index (χ1n) is 6.71. The summed E-state index contributed by atoms with van der Waals surface area (Å²) in [4.78, 5) is 10.9. The fourth-order valence-electron chi connectivity index (χ4n) is 2.35. The van der Waals surface area contributed by atoms with E-state index in [9.17, 15) is 0 Å². The molecular formula is C13H20N4O. The van der Waals surface area contributed by atoms with Gasteiger partial charge in [-0.2, -0.15) is 0 Å². The highest BCUT2D eigenvalue weighted by Crippen LogP contribution is 2.25. The molecule has 0 spiro atoms. The number of aromatic nitrogens is 2. The number of ether oxygens (including phenoxy) is 1. The zero-order chi connectivity index (χ0) is 12.4. The van der Waals surface area contributed by atoms with Crippen molar-refractivity contribution < 1.29 is 4.74 Å². The molecule has 5 heteroatoms. The Morgan fingerprint density at radius 2 is 2.33 bits per heavy atom. The summed E-state index contributed by atoms with van der Waals surface area (Å²) >= 11 is 0. The van der Waals surface area contributed by atoms with E-state index >= 15 is 0 Å². The van der Waals surface area contributed by atoms with E-state index in [1.54, 1.807) is 6.33 Å². The van der Waals surface area contributed by atoms with Crippen LogP contribution in [0, 0.1) is 0 Å². The molecule has 5 nitrogen and oxygen atoms in total. The van der Waals surface area contributed by atoms with Crippen molar-refractivity contribution in [3.63, 3.8) is 0 Å². The molecule has 1 aliphatic carbocycles. The lowest BCUT2D eigenvalue weighted by Gasteiger charge is -2.20. The van der Waals surface area contributed by atoms with E-state index in [0.29, 0.717) is 6.61 Å². The van der Waals surface area contributed by atoms with Gasteiger partial charge in [-0.05, 0) is 19.9 Å². The summed E-state index contributed by atoms with van der Waals surface area (Å²) in [6.45, 7) is 3.49. The van der Waals surface area contributed by atoms with E-state index in [0.717, 1.165) is 49.2 Å². The molecule has 0 aromatic carbocycles. The SMILES string of the molecule is CN(CCOc1ncnc2c1CNCC2)C1CC1. The van der Waals surface area contributed by atoms with E-state index in [4.69, 9.17) is 4.74 Å². The maximum atomic E-state index is 5.82. The van der Waals surface area contributed by atoms with Gasteiger partial charge in [-0.25, -0.2) is 9.97 Å². The third-order valence-electron chi connectivity index (χ3n) is 3.69. The van der Waals surface area contributed by atoms with Crippen LogP contribution in [0.5, 0.6) is 5.88 Å². The molecule has 2 aliphatic rings. The molecule has 98 valence electrons. The highest BCUT2D eigenvalue weighted by molar-refractivity contribution is 5.31. The number of rotatable bonds is 5. The van der Waals surface area contributed by atoms with Crippen LogP contribution in [0.15, 0.2) is 6.33 Å². The number of hydrogen-bond donors (Lipinski definition) is 1. The second-order valence-electron chi connectivity index (χ2n) is 5.09. The predicted octanol–water partition coefficient (Wildman–Crippen LogP) is 0.595. The summed E-state index contributed by atoms with van der Waals surface area (Å²) in [5.41, 5.74) is 2.27. The van der Waals surface area contributed by atoms with E-state index in [1.165, 1.54) is 12.8 Å². The van der Waals surface area contributed by atoms with Gasteiger partial charge in [-0.15, -0.1) is 0 Å². The van der Waals surface area contributed by atoms with Crippen LogP contribution in [0.3, 0.4) is 0 Å². The largest absolute Gasteiger partial charge is 0.476 e. The maximum Gasteiger partial charge on any atom is 0.221 e. The van der Waals surface area contributed by atoms with Gasteiger partial charge in [0.25, 0.3) is 0 Å². The first kappa shape index (κ1) is 11.9. The Morgan fingerprint density at radius 3 is 3.17 bits per heavy atom. The van der Waals surface area contributed by atoms with Gasteiger partial charge in [-0.3, -0.25) is 0 Å². The zero-order valence-corrected chi connectivity index (χ0v) is 10.9. The molecule has 0 atom stereocenters. The Hall–Kier alpha value is -1.20. The van der Waals surface area contributed by atoms with Gasteiger partial charge in [0.05, 0.1) is 5.69 Å². The first-order valence-corrected chi connectivity index (χ1v) is 6.71. The lowest BCUT2D eigenvalue weighted by molar-refractivity contribution is 0.223. The Labute approximate surface area is 108 Å². The number of nitrogens with one attached hydrogen (secondary N) is 1. The predicted molar refractivity (Wildman–Crippen MR) is 68.6 cm³/mol. The van der Waals surface area contributed by atoms with Gasteiger partial charge in [0.15, 0.2) is 0 Å². The molecule has 1 fully saturated rings. The van der Waals surface area contributed by atoms with E-state index in [2.05, 4.69) is 27.2 Å². The number of fused-ring (bicyclic) bond motifs is 1. The quantitative estimate of drug-likeness (QED) is 0.827. The molecule has 0 unspecified atom stereocenters. The van der Waals surface area contributed by atoms with Crippen molar-refractivity contribution >= 4 is 0 Å². The van der Waals surface area contributed by atoms with Gasteiger partial charge in [0.1, 0.15) is 12.9 Å². The first-order chi connectivity index (χ1) is 8.84. The van der Waals surface area contributed by atoms with Crippen LogP contribution in [0.1, 0.15) is 24.1 Å². The Bertz CT molecular complexity index is 419. The Balaban J connectivity index is 1.58. The molecule has 3 rings (SSSR count). The van der Waals surface area contributed by atoms with Gasteiger partial charge < -0.3 is 15.0 Å². The third kappa shape index (κ3) is 2.62. The van der Waals surface area contributed by atoms with E-state index in [-0.39, 0.29) is 0 Å². The normalized spacial score (nSPS) is 18.8. The van der Waals surface area contributed by atoms with Gasteiger partial charge in [0.2, 0.25) is 5.88 Å². The summed E-state index contributed by atoms with van der Waals surface area (Å²) in [6.07, 6.45) is 5.26. The third-order valence-corrected chi connectivity index (χ3v) is 3.69. The summed E-state index contributed by atoms with van der Waals surface area (Å²) in [6, 6.07) is 0.787. The molecule has 18 heavy (non-hydrogen) atoms. The van der Waals surface area contributed by atoms with Crippen LogP contribution in [0.4, 0.5) is 0 Å². The van der Waals surface area contributed by atoms with E-state index in [1.807, 2.05) is 0 Å². The molecule has 0 bridgehead atoms. The highest BCUT2D eigenvalue weighted by atomic mass is 16.5. The van der Waals surface area contributed by atoms with Crippen molar-refractivity contribution in [2.75, 3.05) is 26.7 Å². The van der Waals surface area contributed by atoms with Crippen molar-refractivity contribution in [1.29, 1.82) is 0 Å². The summed E-state index contributed by atoms with van der Waals surface area (Å²) in [5, 5.41) is 3.34. The van der Waals surface area contributed by atoms with Crippen molar-refractivity contribution in [2.24, 2.45) is 0 Å². The van der Waals surface area contributed by atoms with Crippen molar-refractivity contribution in [3.05, 3.63) is 17.6 Å². The molecule has 0 saturated heterocycles. The minimum atomic E-state index is 0.705. The van der Waals surface area contributed by atoms with Gasteiger partial charge in [-0.1, -0.05) is 0 Å². The van der Waals surface area contributed by atoms with Crippen LogP contribution in [0.2, 0.25) is 0 Å². The van der Waals surface area contributed by atoms with E-state index < -0.39 is 0 Å². The van der Waals surface area contributed by atoms with Crippen LogP contribution < -0.4 is 10.1 Å². The average Bonchev–Trinajstić information content (AvgIpc) is 3.23. The molecule has 0 amide bonds. The average molecular weight is 248 g/mol.